The maximum atomic E-state index is 12.9. The van der Waals surface area contributed by atoms with Crippen molar-refractivity contribution in [3.05, 3.63) is 90.0 Å². The van der Waals surface area contributed by atoms with Crippen molar-refractivity contribution in [1.29, 1.82) is 0 Å². The molecule has 0 spiro atoms. The van der Waals surface area contributed by atoms with Crippen LogP contribution in [0.2, 0.25) is 0 Å². The van der Waals surface area contributed by atoms with E-state index in [1.54, 1.807) is 42.3 Å². The largest absolute Gasteiger partial charge is 0.355 e. The molecule has 0 saturated heterocycles. The van der Waals surface area contributed by atoms with Crippen LogP contribution in [0.1, 0.15) is 15.9 Å². The number of carbonyl (C=O) groups excluding carboxylic acids is 1. The molecule has 0 bridgehead atoms. The van der Waals surface area contributed by atoms with E-state index in [1.165, 1.54) is 0 Å². The monoisotopic (exact) mass is 398 g/mol. The van der Waals surface area contributed by atoms with Gasteiger partial charge in [0.15, 0.2) is 0 Å². The number of alkyl halides is 2. The predicted molar refractivity (Wildman–Crippen MR) is 110 cm³/mol. The molecule has 1 N–H and O–H groups in total. The zero-order chi connectivity index (χ0) is 19.9. The van der Waals surface area contributed by atoms with Crippen LogP contribution < -0.4 is 5.32 Å². The van der Waals surface area contributed by atoms with Crippen LogP contribution in [0.4, 0.5) is 20.2 Å². The minimum absolute atomic E-state index is 0.100. The number of hydrogen-bond donors (Lipinski definition) is 1. The Morgan fingerprint density at radius 3 is 2.29 bits per heavy atom. The van der Waals surface area contributed by atoms with E-state index in [4.69, 9.17) is 0 Å². The molecule has 0 heterocycles. The minimum atomic E-state index is -2.45. The van der Waals surface area contributed by atoms with Crippen molar-refractivity contribution < 1.29 is 13.6 Å². The average molecular weight is 398 g/mol. The molecule has 0 aliphatic rings. The number of benzene rings is 3. The number of nitrogens with zero attached hydrogens (tertiary/aromatic N) is 1. The van der Waals surface area contributed by atoms with Crippen LogP contribution >= 0.6 is 11.8 Å². The number of rotatable bonds is 7. The smallest absolute Gasteiger partial charge is 0.288 e. The zero-order valence-electron chi connectivity index (χ0n) is 15.3. The highest BCUT2D eigenvalue weighted by Gasteiger charge is 2.16. The standard InChI is InChI=1S/C22H20F2N2OS/c1-26(15-16-7-3-2-4-8-16)21(27)19-9-5-6-10-20(19)25-17-11-13-18(14-12-17)28-22(23)24/h2-14,22,25H,15H2,1H3. The van der Waals surface area contributed by atoms with Gasteiger partial charge in [0.1, 0.15) is 0 Å². The topological polar surface area (TPSA) is 32.3 Å². The average Bonchev–Trinajstić information content (AvgIpc) is 2.70. The Labute approximate surface area is 167 Å². The lowest BCUT2D eigenvalue weighted by Crippen LogP contribution is -2.26. The van der Waals surface area contributed by atoms with Crippen molar-refractivity contribution in [2.45, 2.75) is 17.2 Å². The van der Waals surface area contributed by atoms with E-state index in [2.05, 4.69) is 5.32 Å². The Kier molecular flexibility index (Phi) is 6.66. The summed E-state index contributed by atoms with van der Waals surface area (Å²) in [5.41, 5.74) is 2.99. The van der Waals surface area contributed by atoms with Gasteiger partial charge >= 0.3 is 0 Å². The molecule has 0 aliphatic heterocycles. The fourth-order valence-electron chi connectivity index (χ4n) is 2.79. The van der Waals surface area contributed by atoms with Crippen LogP contribution in [0, 0.1) is 0 Å². The highest BCUT2D eigenvalue weighted by atomic mass is 32.2. The van der Waals surface area contributed by atoms with Crippen LogP contribution in [0.15, 0.2) is 83.8 Å². The summed E-state index contributed by atoms with van der Waals surface area (Å²) in [6.45, 7) is 0.507. The van der Waals surface area contributed by atoms with Crippen LogP contribution in [0.3, 0.4) is 0 Å². The number of amides is 1. The molecule has 144 valence electrons. The van der Waals surface area contributed by atoms with Gasteiger partial charge in [-0.2, -0.15) is 8.78 Å². The summed E-state index contributed by atoms with van der Waals surface area (Å²) in [5.74, 6) is -2.55. The molecule has 0 radical (unpaired) electrons. The maximum Gasteiger partial charge on any atom is 0.288 e. The second-order valence-electron chi connectivity index (χ2n) is 6.22. The second-order valence-corrected chi connectivity index (χ2v) is 7.28. The molecular weight excluding hydrogens is 378 g/mol. The van der Waals surface area contributed by atoms with Crippen LogP contribution in [0.25, 0.3) is 0 Å². The Bertz CT molecular complexity index is 917. The molecule has 0 atom stereocenters. The molecule has 0 unspecified atom stereocenters. The zero-order valence-corrected chi connectivity index (χ0v) is 16.1. The summed E-state index contributed by atoms with van der Waals surface area (Å²) in [6, 6.07) is 23.7. The third-order valence-corrected chi connectivity index (χ3v) is 4.85. The Balaban J connectivity index is 1.74. The van der Waals surface area contributed by atoms with Gasteiger partial charge < -0.3 is 10.2 Å². The Morgan fingerprint density at radius 2 is 1.61 bits per heavy atom. The van der Waals surface area contributed by atoms with Gasteiger partial charge in [-0.3, -0.25) is 4.79 Å². The lowest BCUT2D eigenvalue weighted by molar-refractivity contribution is 0.0786. The van der Waals surface area contributed by atoms with Gasteiger partial charge in [-0.15, -0.1) is 0 Å². The van der Waals surface area contributed by atoms with Crippen LogP contribution in [0.5, 0.6) is 0 Å². The number of halogens is 2. The first-order valence-corrected chi connectivity index (χ1v) is 9.61. The van der Waals surface area contributed by atoms with Gasteiger partial charge in [0.25, 0.3) is 11.7 Å². The summed E-state index contributed by atoms with van der Waals surface area (Å²) in [7, 11) is 1.77. The molecule has 3 rings (SSSR count). The van der Waals surface area contributed by atoms with Crippen molar-refractivity contribution >= 4 is 29.0 Å². The summed E-state index contributed by atoms with van der Waals surface area (Å²) in [4.78, 5) is 15.1. The van der Waals surface area contributed by atoms with E-state index in [0.29, 0.717) is 34.5 Å². The lowest BCUT2D eigenvalue weighted by atomic mass is 10.1. The molecule has 3 aromatic rings. The lowest BCUT2D eigenvalue weighted by Gasteiger charge is -2.20. The van der Waals surface area contributed by atoms with Crippen molar-refractivity contribution in [1.82, 2.24) is 4.90 Å². The highest BCUT2D eigenvalue weighted by Crippen LogP contribution is 2.28. The van der Waals surface area contributed by atoms with E-state index in [-0.39, 0.29) is 5.91 Å². The molecule has 0 aromatic heterocycles. The van der Waals surface area contributed by atoms with E-state index in [9.17, 15) is 13.6 Å². The third kappa shape index (κ3) is 5.33. The molecular formula is C22H20F2N2OS. The first kappa shape index (κ1) is 19.9. The number of hydrogen-bond acceptors (Lipinski definition) is 3. The third-order valence-electron chi connectivity index (χ3n) is 4.13. The summed E-state index contributed by atoms with van der Waals surface area (Å²) < 4.78 is 24.9. The fourth-order valence-corrected chi connectivity index (χ4v) is 3.29. The number of para-hydroxylation sites is 1. The highest BCUT2D eigenvalue weighted by molar-refractivity contribution is 7.99. The summed E-state index contributed by atoms with van der Waals surface area (Å²) in [6.07, 6.45) is 0. The minimum Gasteiger partial charge on any atom is -0.355 e. The molecule has 1 amide bonds. The van der Waals surface area contributed by atoms with Gasteiger partial charge in [-0.05, 0) is 42.0 Å². The van der Waals surface area contributed by atoms with Gasteiger partial charge in [-0.1, -0.05) is 54.2 Å². The SMILES string of the molecule is CN(Cc1ccccc1)C(=O)c1ccccc1Nc1ccc(SC(F)F)cc1. The molecule has 3 nitrogen and oxygen atoms in total. The molecule has 28 heavy (non-hydrogen) atoms. The first-order chi connectivity index (χ1) is 13.5. The normalized spacial score (nSPS) is 10.7. The maximum absolute atomic E-state index is 12.9. The van der Waals surface area contributed by atoms with Gasteiger partial charge in [0.2, 0.25) is 0 Å². The quantitative estimate of drug-likeness (QED) is 0.494. The van der Waals surface area contributed by atoms with Crippen LogP contribution in [-0.2, 0) is 6.54 Å². The van der Waals surface area contributed by atoms with Gasteiger partial charge in [0.05, 0.1) is 11.3 Å². The van der Waals surface area contributed by atoms with Crippen molar-refractivity contribution in [2.75, 3.05) is 12.4 Å². The van der Waals surface area contributed by atoms with E-state index in [1.807, 2.05) is 48.5 Å². The van der Waals surface area contributed by atoms with Crippen molar-refractivity contribution in [3.63, 3.8) is 0 Å². The van der Waals surface area contributed by atoms with Crippen LogP contribution in [-0.4, -0.2) is 23.6 Å². The van der Waals surface area contributed by atoms with Gasteiger partial charge in [-0.25, -0.2) is 0 Å². The first-order valence-electron chi connectivity index (χ1n) is 8.73. The summed E-state index contributed by atoms with van der Waals surface area (Å²) >= 11 is 0.504. The molecule has 0 fully saturated rings. The van der Waals surface area contributed by atoms with Crippen molar-refractivity contribution in [3.8, 4) is 0 Å². The molecule has 6 heteroatoms. The Hall–Kier alpha value is -2.86. The number of carbonyl (C=O) groups is 1. The summed E-state index contributed by atoms with van der Waals surface area (Å²) in [5, 5.41) is 3.21. The van der Waals surface area contributed by atoms with E-state index in [0.717, 1.165) is 11.3 Å². The van der Waals surface area contributed by atoms with E-state index >= 15 is 0 Å². The number of anilines is 2. The number of thioether (sulfide) groups is 1. The molecule has 0 saturated carbocycles. The predicted octanol–water partition coefficient (Wildman–Crippen LogP) is 6.02. The molecule has 0 aliphatic carbocycles. The number of nitrogens with one attached hydrogen (secondary N) is 1. The van der Waals surface area contributed by atoms with Gasteiger partial charge in [0, 0.05) is 24.2 Å². The van der Waals surface area contributed by atoms with Crippen molar-refractivity contribution in [2.24, 2.45) is 0 Å². The second kappa shape index (κ2) is 9.37. The fraction of sp³-hybridized carbons (Fsp3) is 0.136. The van der Waals surface area contributed by atoms with E-state index < -0.39 is 5.76 Å². The Morgan fingerprint density at radius 1 is 0.964 bits per heavy atom. The molecule has 3 aromatic carbocycles.